The first kappa shape index (κ1) is 15.1. The Hall–Kier alpha value is -1.79. The summed E-state index contributed by atoms with van der Waals surface area (Å²) >= 11 is 2.12. The quantitative estimate of drug-likeness (QED) is 0.627. The van der Waals surface area contributed by atoms with Crippen LogP contribution in [0.25, 0.3) is 22.8 Å². The minimum absolute atomic E-state index is 0.00712. The normalized spacial score (nSPS) is 11.8. The molecule has 22 heavy (non-hydrogen) atoms. The second kappa shape index (κ2) is 5.44. The van der Waals surface area contributed by atoms with E-state index in [2.05, 4.69) is 37.8 Å². The molecule has 1 aromatic carbocycles. The van der Waals surface area contributed by atoms with Crippen LogP contribution >= 0.6 is 22.6 Å². The molecule has 3 aromatic rings. The van der Waals surface area contributed by atoms with E-state index in [0.717, 1.165) is 3.70 Å². The van der Waals surface area contributed by atoms with Crippen LogP contribution in [0.15, 0.2) is 39.9 Å². The molecule has 0 amide bonds. The summed E-state index contributed by atoms with van der Waals surface area (Å²) in [5.74, 6) is 0.591. The topological polar surface area (TPSA) is 117 Å². The van der Waals surface area contributed by atoms with E-state index in [0.29, 0.717) is 17.0 Å². The molecule has 0 aliphatic rings. The number of nitrogens with zero attached hydrogens (tertiary/aromatic N) is 4. The van der Waals surface area contributed by atoms with Crippen molar-refractivity contribution in [2.75, 3.05) is 0 Å². The second-order valence-corrected chi connectivity index (χ2v) is 7.05. The zero-order chi connectivity index (χ0) is 15.9. The van der Waals surface area contributed by atoms with Gasteiger partial charge in [-0.25, -0.2) is 13.6 Å². The van der Waals surface area contributed by atoms with Crippen molar-refractivity contribution in [1.82, 2.24) is 19.9 Å². The molecular weight excluding hydrogens is 421 g/mol. The SMILES string of the molecule is Cn1ncc(-c2nc(-c3cccc(S(N)(=O)=O)c3)no2)c1I. The lowest BCUT2D eigenvalue weighted by Crippen LogP contribution is -2.11. The number of hydrogen-bond donors (Lipinski definition) is 1. The van der Waals surface area contributed by atoms with Gasteiger partial charge in [-0.05, 0) is 34.7 Å². The van der Waals surface area contributed by atoms with Gasteiger partial charge in [0.15, 0.2) is 0 Å². The molecule has 0 spiro atoms. The number of benzene rings is 1. The molecule has 0 saturated heterocycles. The summed E-state index contributed by atoms with van der Waals surface area (Å²) in [7, 11) is -1.98. The molecule has 2 N–H and O–H groups in total. The molecule has 3 rings (SSSR count). The molecule has 114 valence electrons. The first-order valence-corrected chi connectivity index (χ1v) is 8.63. The molecule has 0 aliphatic heterocycles. The minimum atomic E-state index is -3.78. The van der Waals surface area contributed by atoms with Gasteiger partial charge in [0, 0.05) is 12.6 Å². The molecule has 2 aromatic heterocycles. The van der Waals surface area contributed by atoms with E-state index >= 15 is 0 Å². The van der Waals surface area contributed by atoms with Crippen LogP contribution in [0.2, 0.25) is 0 Å². The summed E-state index contributed by atoms with van der Waals surface area (Å²) in [6.45, 7) is 0. The van der Waals surface area contributed by atoms with Gasteiger partial charge < -0.3 is 4.52 Å². The van der Waals surface area contributed by atoms with Crippen molar-refractivity contribution in [3.05, 3.63) is 34.2 Å². The molecule has 8 nitrogen and oxygen atoms in total. The highest BCUT2D eigenvalue weighted by Crippen LogP contribution is 2.26. The van der Waals surface area contributed by atoms with Gasteiger partial charge in [-0.3, -0.25) is 4.68 Å². The highest BCUT2D eigenvalue weighted by atomic mass is 127. The Balaban J connectivity index is 2.03. The van der Waals surface area contributed by atoms with E-state index in [1.807, 2.05) is 0 Å². The van der Waals surface area contributed by atoms with Crippen LogP contribution in [-0.4, -0.2) is 28.3 Å². The highest BCUT2D eigenvalue weighted by Gasteiger charge is 2.17. The van der Waals surface area contributed by atoms with Gasteiger partial charge in [0.05, 0.1) is 16.7 Å². The van der Waals surface area contributed by atoms with Crippen molar-refractivity contribution in [1.29, 1.82) is 0 Å². The summed E-state index contributed by atoms with van der Waals surface area (Å²) in [6.07, 6.45) is 1.62. The van der Waals surface area contributed by atoms with E-state index in [9.17, 15) is 8.42 Å². The zero-order valence-electron chi connectivity index (χ0n) is 11.3. The molecule has 2 heterocycles. The first-order chi connectivity index (χ1) is 10.4. The van der Waals surface area contributed by atoms with Crippen molar-refractivity contribution in [3.63, 3.8) is 0 Å². The fraction of sp³-hybridized carbons (Fsp3) is 0.0833. The van der Waals surface area contributed by atoms with E-state index < -0.39 is 10.0 Å². The molecule has 10 heteroatoms. The highest BCUT2D eigenvalue weighted by molar-refractivity contribution is 14.1. The van der Waals surface area contributed by atoms with Gasteiger partial charge in [-0.2, -0.15) is 10.1 Å². The smallest absolute Gasteiger partial charge is 0.262 e. The molecule has 0 atom stereocenters. The summed E-state index contributed by atoms with van der Waals surface area (Å²) in [6, 6.07) is 6.05. The van der Waals surface area contributed by atoms with Crippen molar-refractivity contribution >= 4 is 32.6 Å². The van der Waals surface area contributed by atoms with Crippen molar-refractivity contribution in [2.45, 2.75) is 4.90 Å². The van der Waals surface area contributed by atoms with Crippen LogP contribution in [-0.2, 0) is 17.1 Å². The predicted octanol–water partition coefficient (Wildman–Crippen LogP) is 1.39. The van der Waals surface area contributed by atoms with E-state index in [1.165, 1.54) is 12.1 Å². The fourth-order valence-electron chi connectivity index (χ4n) is 1.83. The molecule has 0 fully saturated rings. The van der Waals surface area contributed by atoms with E-state index in [4.69, 9.17) is 9.66 Å². The monoisotopic (exact) mass is 431 g/mol. The fourth-order valence-corrected chi connectivity index (χ4v) is 2.88. The number of aryl methyl sites for hydroxylation is 1. The van der Waals surface area contributed by atoms with Crippen molar-refractivity contribution in [2.24, 2.45) is 12.2 Å². The Morgan fingerprint density at radius 3 is 2.77 bits per heavy atom. The van der Waals surface area contributed by atoms with E-state index in [1.54, 1.807) is 30.1 Å². The minimum Gasteiger partial charge on any atom is -0.333 e. The van der Waals surface area contributed by atoms with Crippen LogP contribution in [0.3, 0.4) is 0 Å². The van der Waals surface area contributed by atoms with Crippen LogP contribution in [0, 0.1) is 3.70 Å². The van der Waals surface area contributed by atoms with Gasteiger partial charge in [0.2, 0.25) is 15.8 Å². The van der Waals surface area contributed by atoms with Crippen molar-refractivity contribution in [3.8, 4) is 22.8 Å². The Kier molecular flexibility index (Phi) is 3.74. The van der Waals surface area contributed by atoms with Crippen LogP contribution < -0.4 is 5.14 Å². The first-order valence-electron chi connectivity index (χ1n) is 6.01. The number of halogens is 1. The average Bonchev–Trinajstić information content (AvgIpc) is 3.07. The van der Waals surface area contributed by atoms with Crippen molar-refractivity contribution < 1.29 is 12.9 Å². The molecule has 0 aliphatic carbocycles. The molecule has 0 bridgehead atoms. The lowest BCUT2D eigenvalue weighted by molar-refractivity contribution is 0.432. The van der Waals surface area contributed by atoms with Crippen LogP contribution in [0.1, 0.15) is 0 Å². The zero-order valence-corrected chi connectivity index (χ0v) is 14.2. The maximum Gasteiger partial charge on any atom is 0.262 e. The maximum absolute atomic E-state index is 11.4. The van der Waals surface area contributed by atoms with Gasteiger partial charge >= 0.3 is 0 Å². The van der Waals surface area contributed by atoms with Gasteiger partial charge in [0.1, 0.15) is 3.70 Å². The number of hydrogen-bond acceptors (Lipinski definition) is 6. The lowest BCUT2D eigenvalue weighted by atomic mass is 10.2. The summed E-state index contributed by atoms with van der Waals surface area (Å²) in [4.78, 5) is 4.27. The standard InChI is InChI=1S/C12H10IN5O3S/c1-18-10(13)9(6-15-18)12-16-11(17-21-12)7-3-2-4-8(5-7)22(14,19)20/h2-6H,1H3,(H2,14,19,20). The van der Waals surface area contributed by atoms with Gasteiger partial charge in [-0.1, -0.05) is 17.3 Å². The third-order valence-corrected chi connectivity index (χ3v) is 5.13. The lowest BCUT2D eigenvalue weighted by Gasteiger charge is -1.99. The maximum atomic E-state index is 11.4. The molecule has 0 radical (unpaired) electrons. The Bertz CT molecular complexity index is 947. The molecule has 0 unspecified atom stereocenters. The van der Waals surface area contributed by atoms with Crippen LogP contribution in [0.4, 0.5) is 0 Å². The van der Waals surface area contributed by atoms with Gasteiger partial charge in [-0.15, -0.1) is 0 Å². The largest absolute Gasteiger partial charge is 0.333 e. The predicted molar refractivity (Wildman–Crippen MR) is 86.0 cm³/mol. The Morgan fingerprint density at radius 2 is 2.14 bits per heavy atom. The third-order valence-electron chi connectivity index (χ3n) is 2.94. The number of nitrogens with two attached hydrogens (primary N) is 1. The summed E-state index contributed by atoms with van der Waals surface area (Å²) in [5, 5.41) is 13.1. The second-order valence-electron chi connectivity index (χ2n) is 4.47. The van der Waals surface area contributed by atoms with Gasteiger partial charge in [0.25, 0.3) is 5.89 Å². The van der Waals surface area contributed by atoms with E-state index in [-0.39, 0.29) is 10.7 Å². The molecular formula is C12H10IN5O3S. The number of primary sulfonamides is 1. The third kappa shape index (κ3) is 2.76. The number of aromatic nitrogens is 4. The number of sulfonamides is 1. The summed E-state index contributed by atoms with van der Waals surface area (Å²) in [5.41, 5.74) is 1.21. The number of rotatable bonds is 3. The Morgan fingerprint density at radius 1 is 1.36 bits per heavy atom. The van der Waals surface area contributed by atoms with Crippen LogP contribution in [0.5, 0.6) is 0 Å². The average molecular weight is 431 g/mol. The summed E-state index contributed by atoms with van der Waals surface area (Å²) < 4.78 is 30.5. The Labute approximate surface area is 139 Å². The molecule has 0 saturated carbocycles.